The Morgan fingerprint density at radius 2 is 1.60 bits per heavy atom. The summed E-state index contributed by atoms with van der Waals surface area (Å²) in [5, 5.41) is 3.05. The molecule has 1 N–H and O–H groups in total. The summed E-state index contributed by atoms with van der Waals surface area (Å²) in [6, 6.07) is 17.1. The maximum Gasteiger partial charge on any atom is 0.345 e. The number of ether oxygens (including phenoxy) is 4. The van der Waals surface area contributed by atoms with Crippen LogP contribution in [0.4, 0.5) is 14.5 Å². The molecule has 9 heteroatoms. The van der Waals surface area contributed by atoms with Crippen LogP contribution in [0.1, 0.15) is 23.6 Å². The molecule has 0 aliphatic carbocycles. The van der Waals surface area contributed by atoms with Crippen molar-refractivity contribution < 1.29 is 37.3 Å². The average Bonchev–Trinajstić information content (AvgIpc) is 2.98. The van der Waals surface area contributed by atoms with Gasteiger partial charge in [-0.15, -0.1) is 0 Å². The van der Waals surface area contributed by atoms with Crippen LogP contribution in [-0.2, 0) is 29.4 Å². The van der Waals surface area contributed by atoms with Gasteiger partial charge >= 0.3 is 11.9 Å². The smallest absolute Gasteiger partial charge is 0.345 e. The average molecular weight is 483 g/mol. The Kier molecular flexibility index (Phi) is 6.97. The molecular formula is C26H23F2NO6. The van der Waals surface area contributed by atoms with Crippen molar-refractivity contribution >= 4 is 17.6 Å². The summed E-state index contributed by atoms with van der Waals surface area (Å²) in [5.74, 6) is -2.75. The topological polar surface area (TPSA) is 83.1 Å². The molecule has 182 valence electrons. The maximum absolute atomic E-state index is 14.1. The number of halogens is 2. The first-order chi connectivity index (χ1) is 16.9. The van der Waals surface area contributed by atoms with Crippen LogP contribution in [-0.4, -0.2) is 32.4 Å². The summed E-state index contributed by atoms with van der Waals surface area (Å²) in [6.07, 6.45) is -1.59. The third kappa shape index (κ3) is 4.81. The summed E-state index contributed by atoms with van der Waals surface area (Å²) in [4.78, 5) is 25.7. The standard InChI is InChI=1S/C26H23F2NO6/c1-32-22(30)15-23-34-21-11-7-6-10-20(21)24(29-19-13-17(27)12-18(28)14-19)26(35-23,25(31)33-2)16-8-4-3-5-9-16/h3-14,23-24,29H,15H2,1-2H3/t23-,24+,26+/m0/s1. The Bertz CT molecular complexity index is 1200. The largest absolute Gasteiger partial charge is 0.469 e. The zero-order chi connectivity index (χ0) is 25.0. The van der Waals surface area contributed by atoms with Gasteiger partial charge in [0.2, 0.25) is 11.9 Å². The highest BCUT2D eigenvalue weighted by atomic mass is 19.1. The molecule has 0 amide bonds. The Hall–Kier alpha value is -3.98. The number of fused-ring (bicyclic) bond motifs is 1. The van der Waals surface area contributed by atoms with Crippen LogP contribution in [0, 0.1) is 11.6 Å². The van der Waals surface area contributed by atoms with Crippen molar-refractivity contribution in [3.63, 3.8) is 0 Å². The molecule has 0 radical (unpaired) electrons. The lowest BCUT2D eigenvalue weighted by Crippen LogP contribution is -2.49. The zero-order valence-corrected chi connectivity index (χ0v) is 19.0. The van der Waals surface area contributed by atoms with Crippen LogP contribution >= 0.6 is 0 Å². The van der Waals surface area contributed by atoms with E-state index in [1.807, 2.05) is 0 Å². The lowest BCUT2D eigenvalue weighted by Gasteiger charge is -2.38. The van der Waals surface area contributed by atoms with Crippen molar-refractivity contribution in [2.75, 3.05) is 19.5 Å². The molecule has 0 unspecified atom stereocenters. The van der Waals surface area contributed by atoms with Gasteiger partial charge in [0.15, 0.2) is 0 Å². The van der Waals surface area contributed by atoms with Gasteiger partial charge < -0.3 is 24.3 Å². The second kappa shape index (κ2) is 10.1. The number of carbonyl (C=O) groups is 2. The first-order valence-electron chi connectivity index (χ1n) is 10.7. The summed E-state index contributed by atoms with van der Waals surface area (Å²) in [5.41, 5.74) is -1.05. The molecule has 1 aliphatic heterocycles. The van der Waals surface area contributed by atoms with Crippen LogP contribution in [0.25, 0.3) is 0 Å². The monoisotopic (exact) mass is 483 g/mol. The van der Waals surface area contributed by atoms with E-state index in [0.717, 1.165) is 18.2 Å². The number of methoxy groups -OCH3 is 2. The van der Waals surface area contributed by atoms with Gasteiger partial charge in [0.25, 0.3) is 0 Å². The van der Waals surface area contributed by atoms with Gasteiger partial charge in [0.05, 0.1) is 20.3 Å². The molecular weight excluding hydrogens is 460 g/mol. The van der Waals surface area contributed by atoms with E-state index in [1.54, 1.807) is 54.6 Å². The van der Waals surface area contributed by atoms with E-state index >= 15 is 0 Å². The van der Waals surface area contributed by atoms with Crippen LogP contribution < -0.4 is 10.1 Å². The number of hydrogen-bond acceptors (Lipinski definition) is 7. The third-order valence-electron chi connectivity index (χ3n) is 5.64. The number of carbonyl (C=O) groups excluding carboxylic acids is 2. The lowest BCUT2D eigenvalue weighted by atomic mass is 9.81. The molecule has 3 aromatic carbocycles. The van der Waals surface area contributed by atoms with Gasteiger partial charge in [-0.25, -0.2) is 13.6 Å². The summed E-state index contributed by atoms with van der Waals surface area (Å²) < 4.78 is 50.4. The first-order valence-corrected chi connectivity index (χ1v) is 10.7. The highest BCUT2D eigenvalue weighted by Gasteiger charge is 2.55. The van der Waals surface area contributed by atoms with Crippen molar-refractivity contribution in [2.45, 2.75) is 24.4 Å². The highest BCUT2D eigenvalue weighted by molar-refractivity contribution is 5.84. The summed E-state index contributed by atoms with van der Waals surface area (Å²) >= 11 is 0. The molecule has 0 spiro atoms. The Morgan fingerprint density at radius 1 is 0.943 bits per heavy atom. The van der Waals surface area contributed by atoms with Crippen molar-refractivity contribution in [1.29, 1.82) is 0 Å². The molecule has 0 fully saturated rings. The van der Waals surface area contributed by atoms with E-state index in [4.69, 9.17) is 18.9 Å². The summed E-state index contributed by atoms with van der Waals surface area (Å²) in [6.45, 7) is 0. The fraction of sp³-hybridized carbons (Fsp3) is 0.231. The normalized spacial score (nSPS) is 21.1. The van der Waals surface area contributed by atoms with E-state index in [0.29, 0.717) is 16.9 Å². The number of anilines is 1. The van der Waals surface area contributed by atoms with Gasteiger partial charge in [-0.2, -0.15) is 0 Å². The quantitative estimate of drug-likeness (QED) is 0.518. The SMILES string of the molecule is COC(=O)C[C@H]1Oc2ccccc2[C@@H](Nc2cc(F)cc(F)c2)[C@@](C(=O)OC)(c2ccccc2)O1. The number of nitrogens with one attached hydrogen (secondary N) is 1. The van der Waals surface area contributed by atoms with E-state index in [-0.39, 0.29) is 12.1 Å². The fourth-order valence-electron chi connectivity index (χ4n) is 4.13. The second-order valence-corrected chi connectivity index (χ2v) is 7.81. The molecule has 3 aromatic rings. The minimum Gasteiger partial charge on any atom is -0.469 e. The lowest BCUT2D eigenvalue weighted by molar-refractivity contribution is -0.209. The van der Waals surface area contributed by atoms with Crippen molar-refractivity contribution in [3.05, 3.63) is 95.6 Å². The second-order valence-electron chi connectivity index (χ2n) is 7.81. The van der Waals surface area contributed by atoms with Crippen LogP contribution in [0.2, 0.25) is 0 Å². The summed E-state index contributed by atoms with van der Waals surface area (Å²) in [7, 11) is 2.42. The molecule has 1 aliphatic rings. The van der Waals surface area contributed by atoms with Gasteiger partial charge in [-0.1, -0.05) is 48.5 Å². The minimum atomic E-state index is -1.93. The van der Waals surface area contributed by atoms with Gasteiger partial charge in [0.1, 0.15) is 23.8 Å². The molecule has 0 bridgehead atoms. The van der Waals surface area contributed by atoms with Crippen LogP contribution in [0.3, 0.4) is 0 Å². The van der Waals surface area contributed by atoms with E-state index in [1.165, 1.54) is 14.2 Å². The predicted octanol–water partition coefficient (Wildman–Crippen LogP) is 4.48. The maximum atomic E-state index is 14.1. The third-order valence-corrected chi connectivity index (χ3v) is 5.64. The Balaban J connectivity index is 1.97. The van der Waals surface area contributed by atoms with Gasteiger partial charge in [0, 0.05) is 17.3 Å². The number of hydrogen-bond donors (Lipinski definition) is 1. The van der Waals surface area contributed by atoms with E-state index in [9.17, 15) is 18.4 Å². The van der Waals surface area contributed by atoms with Crippen molar-refractivity contribution in [3.8, 4) is 5.75 Å². The highest BCUT2D eigenvalue weighted by Crippen LogP contribution is 2.48. The molecule has 35 heavy (non-hydrogen) atoms. The number of benzene rings is 3. The van der Waals surface area contributed by atoms with E-state index in [2.05, 4.69) is 5.32 Å². The van der Waals surface area contributed by atoms with Gasteiger partial charge in [-0.05, 0) is 23.8 Å². The Labute approximate surface area is 200 Å². The predicted molar refractivity (Wildman–Crippen MR) is 121 cm³/mol. The molecule has 4 rings (SSSR count). The van der Waals surface area contributed by atoms with Crippen LogP contribution in [0.5, 0.6) is 5.75 Å². The molecule has 7 nitrogen and oxygen atoms in total. The van der Waals surface area contributed by atoms with E-state index < -0.39 is 41.5 Å². The minimum absolute atomic E-state index is 0.0570. The van der Waals surface area contributed by atoms with Crippen LogP contribution in [0.15, 0.2) is 72.8 Å². The number of esters is 2. The number of para-hydroxylation sites is 1. The van der Waals surface area contributed by atoms with Crippen molar-refractivity contribution in [2.24, 2.45) is 0 Å². The zero-order valence-electron chi connectivity index (χ0n) is 19.0. The number of rotatable bonds is 6. The molecule has 0 saturated heterocycles. The van der Waals surface area contributed by atoms with Crippen molar-refractivity contribution in [1.82, 2.24) is 0 Å². The molecule has 0 saturated carbocycles. The van der Waals surface area contributed by atoms with Gasteiger partial charge in [-0.3, -0.25) is 4.79 Å². The fourth-order valence-corrected chi connectivity index (χ4v) is 4.13. The first kappa shape index (κ1) is 24.2. The molecule has 1 heterocycles. The molecule has 3 atom stereocenters. The Morgan fingerprint density at radius 3 is 2.26 bits per heavy atom. The molecule has 0 aromatic heterocycles.